The summed E-state index contributed by atoms with van der Waals surface area (Å²) in [6.07, 6.45) is 6.08. The predicted octanol–water partition coefficient (Wildman–Crippen LogP) is 4.81. The standard InChI is InChI=1S/C18H23ClO/c1-11(13-5-3-2-4-6-13)18(19)20-17-15-8-12-7-14(10-15)16(17)9-12/h2-6,11-12,14-18H,7-10H2,1H3. The first kappa shape index (κ1) is 13.2. The normalized spacial score (nSPS) is 41.0. The Morgan fingerprint density at radius 2 is 1.80 bits per heavy atom. The zero-order chi connectivity index (χ0) is 13.7. The minimum atomic E-state index is -0.194. The molecule has 4 bridgehead atoms. The van der Waals surface area contributed by atoms with Crippen molar-refractivity contribution >= 4 is 11.6 Å². The molecule has 1 nitrogen and oxygen atoms in total. The second kappa shape index (κ2) is 5.03. The highest BCUT2D eigenvalue weighted by molar-refractivity contribution is 6.20. The van der Waals surface area contributed by atoms with Crippen molar-refractivity contribution in [3.8, 4) is 0 Å². The molecule has 0 aromatic heterocycles. The van der Waals surface area contributed by atoms with Gasteiger partial charge in [0.2, 0.25) is 0 Å². The number of halogens is 1. The Kier molecular flexibility index (Phi) is 3.31. The van der Waals surface area contributed by atoms with Crippen molar-refractivity contribution in [2.75, 3.05) is 0 Å². The fourth-order valence-corrected chi connectivity index (χ4v) is 5.33. The third-order valence-corrected chi connectivity index (χ3v) is 6.46. The first-order valence-electron chi connectivity index (χ1n) is 8.07. The molecular weight excluding hydrogens is 268 g/mol. The molecule has 20 heavy (non-hydrogen) atoms. The molecule has 0 aliphatic heterocycles. The van der Waals surface area contributed by atoms with Gasteiger partial charge in [-0.15, -0.1) is 0 Å². The number of ether oxygens (including phenoxy) is 1. The third-order valence-electron chi connectivity index (χ3n) is 5.98. The Balaban J connectivity index is 1.44. The molecule has 4 aliphatic rings. The molecule has 1 aromatic rings. The molecule has 0 heterocycles. The predicted molar refractivity (Wildman–Crippen MR) is 81.8 cm³/mol. The van der Waals surface area contributed by atoms with Gasteiger partial charge < -0.3 is 4.74 Å². The largest absolute Gasteiger partial charge is 0.358 e. The van der Waals surface area contributed by atoms with Crippen LogP contribution in [-0.2, 0) is 4.74 Å². The number of hydrogen-bond acceptors (Lipinski definition) is 1. The van der Waals surface area contributed by atoms with Crippen molar-refractivity contribution in [3.63, 3.8) is 0 Å². The van der Waals surface area contributed by atoms with Crippen molar-refractivity contribution in [3.05, 3.63) is 35.9 Å². The van der Waals surface area contributed by atoms with Crippen LogP contribution in [0.15, 0.2) is 30.3 Å². The average molecular weight is 291 g/mol. The van der Waals surface area contributed by atoms with Crippen molar-refractivity contribution in [1.29, 1.82) is 0 Å². The highest BCUT2D eigenvalue weighted by atomic mass is 35.5. The lowest BCUT2D eigenvalue weighted by Gasteiger charge is -2.34. The average Bonchev–Trinajstić information content (AvgIpc) is 2.89. The summed E-state index contributed by atoms with van der Waals surface area (Å²) in [4.78, 5) is 0. The van der Waals surface area contributed by atoms with Gasteiger partial charge in [0.15, 0.2) is 0 Å². The van der Waals surface area contributed by atoms with E-state index in [1.807, 2.05) is 0 Å². The summed E-state index contributed by atoms with van der Waals surface area (Å²) in [6.45, 7) is 2.18. The molecule has 7 atom stereocenters. The van der Waals surface area contributed by atoms with Crippen LogP contribution in [0.1, 0.15) is 44.1 Å². The second-order valence-electron chi connectivity index (χ2n) is 7.14. The Morgan fingerprint density at radius 3 is 2.55 bits per heavy atom. The van der Waals surface area contributed by atoms with E-state index in [-0.39, 0.29) is 11.5 Å². The van der Waals surface area contributed by atoms with Gasteiger partial charge in [0, 0.05) is 5.92 Å². The Hall–Kier alpha value is -0.530. The van der Waals surface area contributed by atoms with E-state index in [9.17, 15) is 0 Å². The lowest BCUT2D eigenvalue weighted by Crippen LogP contribution is -2.34. The second-order valence-corrected chi connectivity index (χ2v) is 7.57. The van der Waals surface area contributed by atoms with E-state index in [0.29, 0.717) is 6.10 Å². The van der Waals surface area contributed by atoms with Crippen LogP contribution in [0.25, 0.3) is 0 Å². The molecule has 0 spiro atoms. The van der Waals surface area contributed by atoms with E-state index < -0.39 is 0 Å². The van der Waals surface area contributed by atoms with E-state index in [2.05, 4.69) is 37.3 Å². The van der Waals surface area contributed by atoms with Crippen LogP contribution >= 0.6 is 11.6 Å². The highest BCUT2D eigenvalue weighted by Gasteiger charge is 2.54. The summed E-state index contributed by atoms with van der Waals surface area (Å²) >= 11 is 6.60. The molecule has 0 N–H and O–H groups in total. The number of hydrogen-bond donors (Lipinski definition) is 0. The van der Waals surface area contributed by atoms with Gasteiger partial charge in [-0.1, -0.05) is 48.9 Å². The molecule has 0 amide bonds. The molecule has 4 fully saturated rings. The van der Waals surface area contributed by atoms with Crippen molar-refractivity contribution in [2.45, 2.75) is 50.2 Å². The Labute approximate surface area is 126 Å². The fourth-order valence-electron chi connectivity index (χ4n) is 5.06. The fraction of sp³-hybridized carbons (Fsp3) is 0.667. The van der Waals surface area contributed by atoms with Crippen LogP contribution in [-0.4, -0.2) is 11.7 Å². The molecule has 0 saturated heterocycles. The topological polar surface area (TPSA) is 9.23 Å². The zero-order valence-corrected chi connectivity index (χ0v) is 12.8. The molecule has 2 heteroatoms. The van der Waals surface area contributed by atoms with Gasteiger partial charge in [-0.3, -0.25) is 0 Å². The van der Waals surface area contributed by atoms with Crippen LogP contribution in [0.2, 0.25) is 0 Å². The summed E-state index contributed by atoms with van der Waals surface area (Å²) in [7, 11) is 0. The van der Waals surface area contributed by atoms with Gasteiger partial charge in [0.1, 0.15) is 5.56 Å². The van der Waals surface area contributed by atoms with E-state index in [0.717, 1.165) is 23.7 Å². The summed E-state index contributed by atoms with van der Waals surface area (Å²) in [5.74, 6) is 3.81. The maximum atomic E-state index is 6.60. The SMILES string of the molecule is CC(c1ccccc1)C(Cl)OC1C2CC3CC(C2)C1C3. The quantitative estimate of drug-likeness (QED) is 0.723. The van der Waals surface area contributed by atoms with E-state index in [1.165, 1.54) is 31.2 Å². The summed E-state index contributed by atoms with van der Waals surface area (Å²) in [5.41, 5.74) is 1.08. The Morgan fingerprint density at radius 1 is 1.05 bits per heavy atom. The van der Waals surface area contributed by atoms with Gasteiger partial charge in [-0.25, -0.2) is 0 Å². The highest BCUT2D eigenvalue weighted by Crippen LogP contribution is 2.59. The van der Waals surface area contributed by atoms with Gasteiger partial charge >= 0.3 is 0 Å². The van der Waals surface area contributed by atoms with Crippen molar-refractivity contribution < 1.29 is 4.74 Å². The zero-order valence-electron chi connectivity index (χ0n) is 12.0. The van der Waals surface area contributed by atoms with Gasteiger partial charge in [0.05, 0.1) is 6.10 Å². The van der Waals surface area contributed by atoms with E-state index in [1.54, 1.807) is 0 Å². The molecular formula is C18H23ClO. The van der Waals surface area contributed by atoms with Crippen LogP contribution in [0, 0.1) is 23.7 Å². The molecule has 5 rings (SSSR count). The number of alkyl halides is 1. The first-order chi connectivity index (χ1) is 9.72. The van der Waals surface area contributed by atoms with Crippen molar-refractivity contribution in [2.24, 2.45) is 23.7 Å². The summed E-state index contributed by atoms with van der Waals surface area (Å²) in [5, 5.41) is 0. The molecule has 0 radical (unpaired) electrons. The first-order valence-corrected chi connectivity index (χ1v) is 8.50. The Bertz CT molecular complexity index is 470. The van der Waals surface area contributed by atoms with Crippen LogP contribution in [0.3, 0.4) is 0 Å². The lowest BCUT2D eigenvalue weighted by molar-refractivity contribution is -0.0450. The van der Waals surface area contributed by atoms with E-state index >= 15 is 0 Å². The monoisotopic (exact) mass is 290 g/mol. The van der Waals surface area contributed by atoms with Gasteiger partial charge in [-0.05, 0) is 54.9 Å². The molecule has 4 saturated carbocycles. The van der Waals surface area contributed by atoms with Crippen LogP contribution in [0.4, 0.5) is 0 Å². The van der Waals surface area contributed by atoms with Gasteiger partial charge in [-0.2, -0.15) is 0 Å². The molecule has 7 unspecified atom stereocenters. The minimum Gasteiger partial charge on any atom is -0.358 e. The van der Waals surface area contributed by atoms with Crippen LogP contribution < -0.4 is 0 Å². The molecule has 108 valence electrons. The van der Waals surface area contributed by atoms with E-state index in [4.69, 9.17) is 16.3 Å². The van der Waals surface area contributed by atoms with Crippen LogP contribution in [0.5, 0.6) is 0 Å². The number of benzene rings is 1. The molecule has 1 aromatic carbocycles. The number of rotatable bonds is 4. The maximum Gasteiger partial charge on any atom is 0.138 e. The minimum absolute atomic E-state index is 0.194. The third kappa shape index (κ3) is 2.10. The molecule has 4 aliphatic carbocycles. The summed E-state index contributed by atoms with van der Waals surface area (Å²) in [6, 6.07) is 10.5. The maximum absolute atomic E-state index is 6.60. The smallest absolute Gasteiger partial charge is 0.138 e. The van der Waals surface area contributed by atoms with Crippen molar-refractivity contribution in [1.82, 2.24) is 0 Å². The van der Waals surface area contributed by atoms with Gasteiger partial charge in [0.25, 0.3) is 0 Å². The summed E-state index contributed by atoms with van der Waals surface area (Å²) < 4.78 is 6.36. The lowest BCUT2D eigenvalue weighted by atomic mass is 9.80.